The van der Waals surface area contributed by atoms with Crippen LogP contribution in [0.4, 0.5) is 0 Å². The van der Waals surface area contributed by atoms with Crippen molar-refractivity contribution in [3.8, 4) is 5.75 Å². The second kappa shape index (κ2) is 5.92. The van der Waals surface area contributed by atoms with Gasteiger partial charge in [0.2, 0.25) is 0 Å². The second-order valence-corrected chi connectivity index (χ2v) is 7.36. The summed E-state index contributed by atoms with van der Waals surface area (Å²) in [5.41, 5.74) is 0. The zero-order valence-electron chi connectivity index (χ0n) is 11.4. The van der Waals surface area contributed by atoms with Gasteiger partial charge in [-0.25, -0.2) is 8.42 Å². The third kappa shape index (κ3) is 3.48. The predicted molar refractivity (Wildman–Crippen MR) is 75.3 cm³/mol. The molecule has 1 fully saturated rings. The van der Waals surface area contributed by atoms with Gasteiger partial charge in [-0.05, 0) is 64.0 Å². The van der Waals surface area contributed by atoms with Crippen molar-refractivity contribution in [3.63, 3.8) is 0 Å². The van der Waals surface area contributed by atoms with Gasteiger partial charge in [-0.2, -0.15) is 0 Å². The fraction of sp³-hybridized carbons (Fsp3) is 0.571. The van der Waals surface area contributed by atoms with Gasteiger partial charge in [0, 0.05) is 0 Å². The van der Waals surface area contributed by atoms with Crippen LogP contribution in [0.3, 0.4) is 0 Å². The molecule has 0 aromatic heterocycles. The van der Waals surface area contributed by atoms with Gasteiger partial charge < -0.3 is 10.1 Å². The van der Waals surface area contributed by atoms with Crippen LogP contribution in [0, 0.1) is 0 Å². The van der Waals surface area contributed by atoms with E-state index in [1.807, 2.05) is 13.8 Å². The summed E-state index contributed by atoms with van der Waals surface area (Å²) in [4.78, 5) is 0.399. The minimum atomic E-state index is -3.20. The molecule has 1 heterocycles. The van der Waals surface area contributed by atoms with E-state index in [0.29, 0.717) is 23.5 Å². The molecule has 0 aliphatic carbocycles. The van der Waals surface area contributed by atoms with Crippen molar-refractivity contribution >= 4 is 9.84 Å². The van der Waals surface area contributed by atoms with Crippen molar-refractivity contribution in [3.05, 3.63) is 24.3 Å². The number of piperidine rings is 1. The zero-order valence-corrected chi connectivity index (χ0v) is 12.2. The third-order valence-corrected chi connectivity index (χ3v) is 5.53. The Hall–Kier alpha value is -1.07. The van der Waals surface area contributed by atoms with Crippen LogP contribution >= 0.6 is 0 Å². The minimum Gasteiger partial charge on any atom is -0.491 e. The molecule has 1 N–H and O–H groups in total. The summed E-state index contributed by atoms with van der Waals surface area (Å²) in [6.07, 6.45) is 1.46. The lowest BCUT2D eigenvalue weighted by atomic mass is 10.2. The Morgan fingerprint density at radius 2 is 1.74 bits per heavy atom. The van der Waals surface area contributed by atoms with Crippen LogP contribution < -0.4 is 10.1 Å². The van der Waals surface area contributed by atoms with Crippen LogP contribution in [0.1, 0.15) is 26.7 Å². The van der Waals surface area contributed by atoms with E-state index in [1.165, 1.54) is 0 Å². The Balaban J connectivity index is 2.16. The van der Waals surface area contributed by atoms with Gasteiger partial charge in [0.15, 0.2) is 9.84 Å². The molecular formula is C14H21NO3S. The van der Waals surface area contributed by atoms with Crippen LogP contribution in [-0.2, 0) is 9.84 Å². The summed E-state index contributed by atoms with van der Waals surface area (Å²) < 4.78 is 30.4. The number of benzene rings is 1. The fourth-order valence-electron chi connectivity index (χ4n) is 2.28. The van der Waals surface area contributed by atoms with Crippen molar-refractivity contribution in [1.29, 1.82) is 0 Å². The second-order valence-electron chi connectivity index (χ2n) is 5.13. The average Bonchev–Trinajstić information content (AvgIpc) is 2.40. The molecule has 19 heavy (non-hydrogen) atoms. The molecule has 2 rings (SSSR count). The van der Waals surface area contributed by atoms with Gasteiger partial charge in [0.25, 0.3) is 0 Å². The molecular weight excluding hydrogens is 262 g/mol. The minimum absolute atomic E-state index is 0.0897. The summed E-state index contributed by atoms with van der Waals surface area (Å²) in [6, 6.07) is 6.76. The molecule has 0 saturated carbocycles. The summed E-state index contributed by atoms with van der Waals surface area (Å²) >= 11 is 0. The fourth-order valence-corrected chi connectivity index (χ4v) is 4.03. The molecule has 106 valence electrons. The highest BCUT2D eigenvalue weighted by Gasteiger charge is 2.28. The third-order valence-electron chi connectivity index (χ3n) is 3.25. The Bertz CT molecular complexity index is 502. The Labute approximate surface area is 115 Å². The normalized spacial score (nSPS) is 17.6. The number of sulfone groups is 1. The van der Waals surface area contributed by atoms with E-state index < -0.39 is 9.84 Å². The summed E-state index contributed by atoms with van der Waals surface area (Å²) in [5.74, 6) is 0.708. The molecule has 1 aromatic rings. The highest BCUT2D eigenvalue weighted by Crippen LogP contribution is 2.24. The van der Waals surface area contributed by atoms with E-state index in [-0.39, 0.29) is 11.4 Å². The number of ether oxygens (including phenoxy) is 1. The van der Waals surface area contributed by atoms with E-state index in [1.54, 1.807) is 24.3 Å². The topological polar surface area (TPSA) is 55.4 Å². The molecule has 0 amide bonds. The SMILES string of the molecule is CC(C)Oc1ccc(S(=O)(=O)C2CCNCC2)cc1. The van der Waals surface area contributed by atoms with Gasteiger partial charge in [0.05, 0.1) is 16.2 Å². The van der Waals surface area contributed by atoms with Crippen LogP contribution in [0.5, 0.6) is 5.75 Å². The number of nitrogens with one attached hydrogen (secondary N) is 1. The summed E-state index contributed by atoms with van der Waals surface area (Å²) in [6.45, 7) is 5.44. The Kier molecular flexibility index (Phi) is 4.47. The van der Waals surface area contributed by atoms with Crippen LogP contribution in [-0.4, -0.2) is 32.9 Å². The molecule has 4 nitrogen and oxygen atoms in total. The first-order chi connectivity index (χ1) is 9.00. The van der Waals surface area contributed by atoms with E-state index in [0.717, 1.165) is 13.1 Å². The molecule has 0 spiro atoms. The van der Waals surface area contributed by atoms with Gasteiger partial charge in [-0.3, -0.25) is 0 Å². The highest BCUT2D eigenvalue weighted by atomic mass is 32.2. The standard InChI is InChI=1S/C14H21NO3S/c1-11(2)18-12-3-5-13(6-4-12)19(16,17)14-7-9-15-10-8-14/h3-6,11,14-15H,7-10H2,1-2H3. The molecule has 1 aromatic carbocycles. The van der Waals surface area contributed by atoms with Crippen molar-refractivity contribution in [1.82, 2.24) is 5.32 Å². The van der Waals surface area contributed by atoms with Gasteiger partial charge >= 0.3 is 0 Å². The predicted octanol–water partition coefficient (Wildman–Crippen LogP) is 2.00. The molecule has 1 saturated heterocycles. The van der Waals surface area contributed by atoms with Gasteiger partial charge in [0.1, 0.15) is 5.75 Å². The summed E-state index contributed by atoms with van der Waals surface area (Å²) in [7, 11) is -3.20. The molecule has 0 unspecified atom stereocenters. The van der Waals surface area contributed by atoms with Gasteiger partial charge in [-0.1, -0.05) is 0 Å². The van der Waals surface area contributed by atoms with Crippen molar-refractivity contribution < 1.29 is 13.2 Å². The quantitative estimate of drug-likeness (QED) is 0.918. The first kappa shape index (κ1) is 14.3. The molecule has 1 aliphatic rings. The molecule has 5 heteroatoms. The van der Waals surface area contributed by atoms with Crippen LogP contribution in [0.25, 0.3) is 0 Å². The molecule has 0 bridgehead atoms. The first-order valence-electron chi connectivity index (χ1n) is 6.71. The van der Waals surface area contributed by atoms with Crippen molar-refractivity contribution in [2.45, 2.75) is 42.9 Å². The lowest BCUT2D eigenvalue weighted by molar-refractivity contribution is 0.242. The van der Waals surface area contributed by atoms with Crippen LogP contribution in [0.15, 0.2) is 29.2 Å². The maximum atomic E-state index is 12.5. The maximum Gasteiger partial charge on any atom is 0.181 e. The summed E-state index contributed by atoms with van der Waals surface area (Å²) in [5, 5.41) is 2.93. The number of rotatable bonds is 4. The lowest BCUT2D eigenvalue weighted by Gasteiger charge is -2.22. The largest absolute Gasteiger partial charge is 0.491 e. The van der Waals surface area contributed by atoms with E-state index in [4.69, 9.17) is 4.74 Å². The number of hydrogen-bond acceptors (Lipinski definition) is 4. The molecule has 1 aliphatic heterocycles. The van der Waals surface area contributed by atoms with E-state index >= 15 is 0 Å². The molecule has 0 atom stereocenters. The monoisotopic (exact) mass is 283 g/mol. The maximum absolute atomic E-state index is 12.5. The Morgan fingerprint density at radius 3 is 2.26 bits per heavy atom. The Morgan fingerprint density at radius 1 is 1.16 bits per heavy atom. The smallest absolute Gasteiger partial charge is 0.181 e. The van der Waals surface area contributed by atoms with E-state index in [2.05, 4.69) is 5.32 Å². The molecule has 0 radical (unpaired) electrons. The highest BCUT2D eigenvalue weighted by molar-refractivity contribution is 7.92. The van der Waals surface area contributed by atoms with Crippen molar-refractivity contribution in [2.75, 3.05) is 13.1 Å². The number of hydrogen-bond donors (Lipinski definition) is 1. The lowest BCUT2D eigenvalue weighted by Crippen LogP contribution is -2.35. The van der Waals surface area contributed by atoms with E-state index in [9.17, 15) is 8.42 Å². The average molecular weight is 283 g/mol. The first-order valence-corrected chi connectivity index (χ1v) is 8.26. The zero-order chi connectivity index (χ0) is 13.9. The van der Waals surface area contributed by atoms with Crippen molar-refractivity contribution in [2.24, 2.45) is 0 Å². The van der Waals surface area contributed by atoms with Crippen LogP contribution in [0.2, 0.25) is 0 Å². The van der Waals surface area contributed by atoms with Gasteiger partial charge in [-0.15, -0.1) is 0 Å².